The number of carbonyl (C=O) groups is 1. The zero-order chi connectivity index (χ0) is 24.2. The molecule has 1 unspecified atom stereocenters. The first-order valence-corrected chi connectivity index (χ1v) is 10.6. The third kappa shape index (κ3) is 3.65. The summed E-state index contributed by atoms with van der Waals surface area (Å²) in [5.74, 6) is -4.18. The van der Waals surface area contributed by atoms with Crippen molar-refractivity contribution in [3.05, 3.63) is 68.2 Å². The maximum absolute atomic E-state index is 15.6. The molecule has 0 radical (unpaired) electrons. The Hall–Kier alpha value is -3.04. The van der Waals surface area contributed by atoms with E-state index >= 15 is 4.39 Å². The lowest BCUT2D eigenvalue weighted by molar-refractivity contribution is 0.0695. The van der Waals surface area contributed by atoms with Gasteiger partial charge in [-0.05, 0) is 37.4 Å². The molecule has 0 aliphatic carbocycles. The Morgan fingerprint density at radius 1 is 1.30 bits per heavy atom. The molecule has 6 nitrogen and oxygen atoms in total. The summed E-state index contributed by atoms with van der Waals surface area (Å²) in [4.78, 5) is 26.5. The number of carboxylic acids is 1. The van der Waals surface area contributed by atoms with Crippen LogP contribution >= 0.6 is 11.6 Å². The summed E-state index contributed by atoms with van der Waals surface area (Å²) in [6.45, 7) is 4.55. The zero-order valence-electron chi connectivity index (χ0n) is 17.9. The molecule has 3 N–H and O–H groups in total. The summed E-state index contributed by atoms with van der Waals surface area (Å²) in [6.07, 6.45) is 1.61. The number of aromatic carboxylic acids is 1. The van der Waals surface area contributed by atoms with Crippen molar-refractivity contribution in [1.82, 2.24) is 4.57 Å². The highest BCUT2D eigenvalue weighted by Crippen LogP contribution is 2.42. The molecule has 0 spiro atoms. The Kier molecular flexibility index (Phi) is 5.66. The van der Waals surface area contributed by atoms with Crippen molar-refractivity contribution >= 4 is 34.2 Å². The molecule has 0 saturated carbocycles. The molecule has 1 aliphatic heterocycles. The van der Waals surface area contributed by atoms with Gasteiger partial charge < -0.3 is 20.3 Å². The van der Waals surface area contributed by atoms with E-state index in [0.29, 0.717) is 32.1 Å². The lowest BCUT2D eigenvalue weighted by atomic mass is 9.90. The molecule has 1 aromatic heterocycles. The number of hydrogen-bond donors (Lipinski definition) is 2. The van der Waals surface area contributed by atoms with Crippen LogP contribution in [0.5, 0.6) is 0 Å². The molecule has 2 aromatic carbocycles. The van der Waals surface area contributed by atoms with Crippen LogP contribution in [-0.2, 0) is 0 Å². The minimum atomic E-state index is -1.57. The van der Waals surface area contributed by atoms with E-state index in [1.807, 2.05) is 6.92 Å². The van der Waals surface area contributed by atoms with E-state index in [4.69, 9.17) is 17.3 Å². The zero-order valence-corrected chi connectivity index (χ0v) is 18.6. The Morgan fingerprint density at radius 2 is 2.00 bits per heavy atom. The number of pyridine rings is 1. The summed E-state index contributed by atoms with van der Waals surface area (Å²) in [6, 6.07) is 2.70. The van der Waals surface area contributed by atoms with Gasteiger partial charge >= 0.3 is 5.97 Å². The quantitative estimate of drug-likeness (QED) is 0.584. The van der Waals surface area contributed by atoms with Crippen LogP contribution in [0.15, 0.2) is 29.2 Å². The van der Waals surface area contributed by atoms with E-state index in [0.717, 1.165) is 22.9 Å². The molecule has 3 aromatic rings. The fourth-order valence-corrected chi connectivity index (χ4v) is 4.74. The van der Waals surface area contributed by atoms with Gasteiger partial charge in [0.05, 0.1) is 27.3 Å². The van der Waals surface area contributed by atoms with Crippen LogP contribution in [0.4, 0.5) is 18.9 Å². The molecule has 1 aliphatic rings. The van der Waals surface area contributed by atoms with Crippen molar-refractivity contribution < 1.29 is 23.1 Å². The Balaban J connectivity index is 2.13. The van der Waals surface area contributed by atoms with Gasteiger partial charge in [0.2, 0.25) is 5.43 Å². The summed E-state index contributed by atoms with van der Waals surface area (Å²) in [7, 11) is 0. The van der Waals surface area contributed by atoms with Gasteiger partial charge in [-0.2, -0.15) is 0 Å². The van der Waals surface area contributed by atoms with Crippen LogP contribution in [0.1, 0.15) is 29.3 Å². The number of hydrogen-bond acceptors (Lipinski definition) is 4. The molecule has 4 rings (SSSR count). The topological polar surface area (TPSA) is 88.6 Å². The fraction of sp³-hybridized carbons (Fsp3) is 0.304. The number of carboxylic acid groups (broad SMARTS) is 1. The molecule has 0 bridgehead atoms. The first-order valence-electron chi connectivity index (χ1n) is 10.2. The van der Waals surface area contributed by atoms with Crippen molar-refractivity contribution in [2.24, 2.45) is 11.1 Å². The van der Waals surface area contributed by atoms with Crippen molar-refractivity contribution in [3.63, 3.8) is 0 Å². The second kappa shape index (κ2) is 8.07. The van der Waals surface area contributed by atoms with Crippen LogP contribution < -0.4 is 16.1 Å². The molecule has 10 heteroatoms. The van der Waals surface area contributed by atoms with Crippen molar-refractivity contribution in [2.75, 3.05) is 24.5 Å². The minimum absolute atomic E-state index is 0.0255. The second-order valence-corrected chi connectivity index (χ2v) is 9.03. The summed E-state index contributed by atoms with van der Waals surface area (Å²) < 4.78 is 44.9. The van der Waals surface area contributed by atoms with E-state index in [1.165, 1.54) is 6.92 Å². The average molecular weight is 480 g/mol. The predicted octanol–water partition coefficient (Wildman–Crippen LogP) is 4.24. The van der Waals surface area contributed by atoms with Gasteiger partial charge in [0.15, 0.2) is 5.82 Å². The molecule has 2 heterocycles. The number of fused-ring (bicyclic) bond motifs is 1. The van der Waals surface area contributed by atoms with Crippen molar-refractivity contribution in [3.8, 4) is 5.69 Å². The maximum atomic E-state index is 15.6. The normalized spacial score (nSPS) is 18.3. The van der Waals surface area contributed by atoms with Gasteiger partial charge in [-0.15, -0.1) is 0 Å². The smallest absolute Gasteiger partial charge is 0.341 e. The molecule has 174 valence electrons. The van der Waals surface area contributed by atoms with Crippen LogP contribution in [0.3, 0.4) is 0 Å². The molecule has 0 amide bonds. The van der Waals surface area contributed by atoms with Gasteiger partial charge in [-0.1, -0.05) is 18.5 Å². The average Bonchev–Trinajstić information content (AvgIpc) is 3.14. The van der Waals surface area contributed by atoms with Gasteiger partial charge in [-0.3, -0.25) is 4.79 Å². The monoisotopic (exact) mass is 479 g/mol. The molecule has 1 fully saturated rings. The second-order valence-electron chi connectivity index (χ2n) is 8.65. The van der Waals surface area contributed by atoms with Gasteiger partial charge in [0.25, 0.3) is 0 Å². The summed E-state index contributed by atoms with van der Waals surface area (Å²) in [5.41, 5.74) is 3.56. The maximum Gasteiger partial charge on any atom is 0.341 e. The number of benzene rings is 2. The Labute approximate surface area is 192 Å². The van der Waals surface area contributed by atoms with E-state index in [2.05, 4.69) is 0 Å². The fourth-order valence-electron chi connectivity index (χ4n) is 4.35. The Morgan fingerprint density at radius 3 is 2.58 bits per heavy atom. The van der Waals surface area contributed by atoms with E-state index in [1.54, 1.807) is 4.90 Å². The minimum Gasteiger partial charge on any atom is -0.477 e. The molecule has 33 heavy (non-hydrogen) atoms. The number of nitrogens with zero attached hydrogens (tertiary/aromatic N) is 2. The lowest BCUT2D eigenvalue weighted by Gasteiger charge is -2.27. The third-order valence-corrected chi connectivity index (χ3v) is 6.66. The number of nitrogens with two attached hydrogens (primary N) is 1. The number of rotatable bonds is 4. The predicted molar refractivity (Wildman–Crippen MR) is 120 cm³/mol. The van der Waals surface area contributed by atoms with E-state index < -0.39 is 34.4 Å². The van der Waals surface area contributed by atoms with Crippen LogP contribution in [-0.4, -0.2) is 35.3 Å². The summed E-state index contributed by atoms with van der Waals surface area (Å²) in [5, 5.41) is 9.08. The molecule has 1 saturated heterocycles. The first-order chi connectivity index (χ1) is 15.5. The van der Waals surface area contributed by atoms with Crippen LogP contribution in [0.2, 0.25) is 5.02 Å². The third-order valence-electron chi connectivity index (χ3n) is 6.30. The highest BCUT2D eigenvalue weighted by Gasteiger charge is 2.36. The molecule has 1 atom stereocenters. The highest BCUT2D eigenvalue weighted by atomic mass is 35.5. The standard InChI is InChI=1S/C23H21ClF3N3O3/c1-11-16-19(17(24)20(18(11)27)29-6-5-23(2,9-28)10-29)30(8-13(21(16)31)22(32)33)15-4-3-12(25)7-14(15)26/h3-4,7-8H,5-6,9-10,28H2,1-2H3,(H,32,33). The van der Waals surface area contributed by atoms with Crippen LogP contribution in [0, 0.1) is 29.8 Å². The summed E-state index contributed by atoms with van der Waals surface area (Å²) >= 11 is 6.66. The SMILES string of the molecule is Cc1c(F)c(N2CCC(C)(CN)C2)c(Cl)c2c1c(=O)c(C(=O)O)cn2-c1ccc(F)cc1F. The highest BCUT2D eigenvalue weighted by molar-refractivity contribution is 6.38. The van der Waals surface area contributed by atoms with Gasteiger partial charge in [0, 0.05) is 30.9 Å². The molecular formula is C23H21ClF3N3O3. The largest absolute Gasteiger partial charge is 0.477 e. The Bertz CT molecular complexity index is 1380. The number of aryl methyl sites for hydroxylation is 1. The van der Waals surface area contributed by atoms with Crippen LogP contribution in [0.25, 0.3) is 16.6 Å². The number of halogens is 4. The lowest BCUT2D eigenvalue weighted by Crippen LogP contribution is -2.32. The van der Waals surface area contributed by atoms with Crippen molar-refractivity contribution in [1.29, 1.82) is 0 Å². The number of anilines is 1. The molecular weight excluding hydrogens is 459 g/mol. The number of aromatic nitrogens is 1. The van der Waals surface area contributed by atoms with Crippen molar-refractivity contribution in [2.45, 2.75) is 20.3 Å². The van der Waals surface area contributed by atoms with Gasteiger partial charge in [-0.25, -0.2) is 18.0 Å². The first kappa shape index (κ1) is 23.1. The van der Waals surface area contributed by atoms with Gasteiger partial charge in [0.1, 0.15) is 17.2 Å². The van der Waals surface area contributed by atoms with E-state index in [-0.39, 0.29) is 38.3 Å². The van der Waals surface area contributed by atoms with E-state index in [9.17, 15) is 23.5 Å².